The minimum atomic E-state index is -0.122. The number of anilines is 1. The van der Waals surface area contributed by atoms with Crippen LogP contribution in [-0.2, 0) is 11.8 Å². The highest BCUT2D eigenvalue weighted by molar-refractivity contribution is 5.55. The minimum Gasteiger partial charge on any atom is -0.370 e. The Morgan fingerprint density at radius 2 is 1.96 bits per heavy atom. The largest absolute Gasteiger partial charge is 0.370 e. The Bertz CT molecular complexity index is 975. The van der Waals surface area contributed by atoms with E-state index in [4.69, 9.17) is 9.72 Å². The first-order valence-corrected chi connectivity index (χ1v) is 8.93. The Morgan fingerprint density at radius 3 is 2.70 bits per heavy atom. The lowest BCUT2D eigenvalue weighted by Gasteiger charge is -2.40. The summed E-state index contributed by atoms with van der Waals surface area (Å²) in [5.41, 5.74) is 2.17. The van der Waals surface area contributed by atoms with Crippen LogP contribution in [-0.4, -0.2) is 38.7 Å². The first kappa shape index (κ1) is 17.4. The normalized spacial score (nSPS) is 19.9. The van der Waals surface area contributed by atoms with Crippen LogP contribution in [0.25, 0.3) is 11.4 Å². The van der Waals surface area contributed by atoms with E-state index in [-0.39, 0.29) is 17.7 Å². The molecule has 1 fully saturated rings. The monoisotopic (exact) mass is 363 g/mol. The highest BCUT2D eigenvalue weighted by Crippen LogP contribution is 2.31. The maximum absolute atomic E-state index is 12.6. The average Bonchev–Trinajstić information content (AvgIpc) is 2.72. The van der Waals surface area contributed by atoms with E-state index in [0.29, 0.717) is 30.5 Å². The van der Waals surface area contributed by atoms with Crippen molar-refractivity contribution in [2.45, 2.75) is 19.1 Å². The van der Waals surface area contributed by atoms with E-state index in [0.717, 1.165) is 5.56 Å². The molecule has 7 heteroatoms. The molecule has 0 bridgehead atoms. The molecule has 138 valence electrons. The van der Waals surface area contributed by atoms with Crippen molar-refractivity contribution in [3.05, 3.63) is 70.9 Å². The lowest BCUT2D eigenvalue weighted by molar-refractivity contribution is 0.0136. The number of ether oxygens (including phenoxy) is 1. The summed E-state index contributed by atoms with van der Waals surface area (Å²) in [6.45, 7) is 3.33. The standard InChI is InChI=1S/C20H21N5O2/c1-14-19(15-6-4-3-5-7-15)27-11-10-25(14)20-23-17(12-18(26)24(20)2)16-8-9-21-13-22-16/h3-9,12-14,19H,10-11H2,1-2H3/t14-,19-/m0/s1. The molecule has 0 aliphatic carbocycles. The molecule has 27 heavy (non-hydrogen) atoms. The van der Waals surface area contributed by atoms with Gasteiger partial charge in [0, 0.05) is 25.9 Å². The van der Waals surface area contributed by atoms with Gasteiger partial charge in [-0.1, -0.05) is 30.3 Å². The number of hydrogen-bond donors (Lipinski definition) is 0. The predicted octanol–water partition coefficient (Wildman–Crippen LogP) is 2.20. The van der Waals surface area contributed by atoms with Gasteiger partial charge in [-0.25, -0.2) is 15.0 Å². The summed E-state index contributed by atoms with van der Waals surface area (Å²) in [5.74, 6) is 0.618. The van der Waals surface area contributed by atoms with E-state index in [1.807, 2.05) is 18.2 Å². The molecule has 2 aromatic heterocycles. The zero-order valence-electron chi connectivity index (χ0n) is 15.3. The molecule has 1 saturated heterocycles. The SMILES string of the molecule is C[C@H]1[C@@H](c2ccccc2)OCCN1c1nc(-c2ccncn2)cc(=O)n1C. The molecular weight excluding hydrogens is 342 g/mol. The summed E-state index contributed by atoms with van der Waals surface area (Å²) in [7, 11) is 1.74. The molecule has 0 radical (unpaired) electrons. The van der Waals surface area contributed by atoms with Gasteiger partial charge in [0.2, 0.25) is 5.95 Å². The summed E-state index contributed by atoms with van der Waals surface area (Å²) < 4.78 is 7.61. The Kier molecular flexibility index (Phi) is 4.68. The molecule has 0 N–H and O–H groups in total. The molecule has 0 amide bonds. The van der Waals surface area contributed by atoms with Crippen LogP contribution in [0, 0.1) is 0 Å². The summed E-state index contributed by atoms with van der Waals surface area (Å²) in [6.07, 6.45) is 3.01. The summed E-state index contributed by atoms with van der Waals surface area (Å²) in [6, 6.07) is 13.4. The summed E-state index contributed by atoms with van der Waals surface area (Å²) >= 11 is 0. The topological polar surface area (TPSA) is 73.1 Å². The predicted molar refractivity (Wildman–Crippen MR) is 102 cm³/mol. The second-order valence-corrected chi connectivity index (χ2v) is 6.57. The van der Waals surface area contributed by atoms with Gasteiger partial charge in [0.05, 0.1) is 24.0 Å². The third kappa shape index (κ3) is 3.33. The van der Waals surface area contributed by atoms with E-state index in [9.17, 15) is 4.79 Å². The van der Waals surface area contributed by atoms with Crippen molar-refractivity contribution in [2.75, 3.05) is 18.1 Å². The third-order valence-corrected chi connectivity index (χ3v) is 4.90. The van der Waals surface area contributed by atoms with E-state index < -0.39 is 0 Å². The molecule has 1 aromatic carbocycles. The average molecular weight is 363 g/mol. The summed E-state index contributed by atoms with van der Waals surface area (Å²) in [5, 5.41) is 0. The lowest BCUT2D eigenvalue weighted by atomic mass is 10.0. The van der Waals surface area contributed by atoms with Crippen LogP contribution >= 0.6 is 0 Å². The van der Waals surface area contributed by atoms with Gasteiger partial charge in [-0.2, -0.15) is 0 Å². The number of nitrogens with zero attached hydrogens (tertiary/aromatic N) is 5. The van der Waals surface area contributed by atoms with Gasteiger partial charge in [-0.15, -0.1) is 0 Å². The highest BCUT2D eigenvalue weighted by Gasteiger charge is 2.32. The van der Waals surface area contributed by atoms with Crippen molar-refractivity contribution in [1.29, 1.82) is 0 Å². The first-order valence-electron chi connectivity index (χ1n) is 8.93. The fourth-order valence-corrected chi connectivity index (χ4v) is 3.44. The van der Waals surface area contributed by atoms with Crippen LogP contribution in [0.3, 0.4) is 0 Å². The smallest absolute Gasteiger partial charge is 0.255 e. The van der Waals surface area contributed by atoms with Gasteiger partial charge in [0.25, 0.3) is 5.56 Å². The molecule has 3 heterocycles. The molecule has 2 atom stereocenters. The molecule has 7 nitrogen and oxygen atoms in total. The highest BCUT2D eigenvalue weighted by atomic mass is 16.5. The van der Waals surface area contributed by atoms with Crippen molar-refractivity contribution < 1.29 is 4.74 Å². The molecule has 0 unspecified atom stereocenters. The number of morpholine rings is 1. The second-order valence-electron chi connectivity index (χ2n) is 6.57. The Labute approximate surface area is 157 Å². The van der Waals surface area contributed by atoms with Crippen molar-refractivity contribution >= 4 is 5.95 Å². The van der Waals surface area contributed by atoms with Crippen LogP contribution in [0.5, 0.6) is 0 Å². The molecule has 0 spiro atoms. The fourth-order valence-electron chi connectivity index (χ4n) is 3.44. The fraction of sp³-hybridized carbons (Fsp3) is 0.300. The van der Waals surface area contributed by atoms with Crippen LogP contribution in [0.4, 0.5) is 5.95 Å². The van der Waals surface area contributed by atoms with Crippen LogP contribution in [0.1, 0.15) is 18.6 Å². The number of benzene rings is 1. The van der Waals surface area contributed by atoms with Gasteiger partial charge in [-0.05, 0) is 18.6 Å². The molecule has 4 rings (SSSR count). The van der Waals surface area contributed by atoms with Gasteiger partial charge in [0.1, 0.15) is 12.4 Å². The Morgan fingerprint density at radius 1 is 1.15 bits per heavy atom. The number of hydrogen-bond acceptors (Lipinski definition) is 6. The van der Waals surface area contributed by atoms with Crippen molar-refractivity contribution in [3.63, 3.8) is 0 Å². The van der Waals surface area contributed by atoms with E-state index in [1.165, 1.54) is 12.4 Å². The van der Waals surface area contributed by atoms with Gasteiger partial charge < -0.3 is 9.64 Å². The third-order valence-electron chi connectivity index (χ3n) is 4.90. The molecular formula is C20H21N5O2. The Balaban J connectivity index is 1.74. The van der Waals surface area contributed by atoms with E-state index in [2.05, 4.69) is 33.9 Å². The van der Waals surface area contributed by atoms with Crippen LogP contribution in [0.15, 0.2) is 59.8 Å². The molecule has 1 aliphatic rings. The quantitative estimate of drug-likeness (QED) is 0.710. The van der Waals surface area contributed by atoms with E-state index >= 15 is 0 Å². The van der Waals surface area contributed by atoms with E-state index in [1.54, 1.807) is 23.9 Å². The Hall–Kier alpha value is -3.06. The maximum Gasteiger partial charge on any atom is 0.255 e. The first-order chi connectivity index (χ1) is 13.1. The van der Waals surface area contributed by atoms with Crippen LogP contribution in [0.2, 0.25) is 0 Å². The zero-order chi connectivity index (χ0) is 18.8. The molecule has 1 aliphatic heterocycles. The van der Waals surface area contributed by atoms with Crippen LogP contribution < -0.4 is 10.5 Å². The van der Waals surface area contributed by atoms with Gasteiger partial charge in [0.15, 0.2) is 0 Å². The number of aromatic nitrogens is 4. The minimum absolute atomic E-state index is 0.0277. The van der Waals surface area contributed by atoms with Gasteiger partial charge >= 0.3 is 0 Å². The van der Waals surface area contributed by atoms with Crippen molar-refractivity contribution in [2.24, 2.45) is 7.05 Å². The second kappa shape index (κ2) is 7.28. The maximum atomic E-state index is 12.6. The lowest BCUT2D eigenvalue weighted by Crippen LogP contribution is -2.48. The summed E-state index contributed by atoms with van der Waals surface area (Å²) in [4.78, 5) is 27.6. The van der Waals surface area contributed by atoms with Crippen molar-refractivity contribution in [1.82, 2.24) is 19.5 Å². The molecule has 3 aromatic rings. The van der Waals surface area contributed by atoms with Crippen molar-refractivity contribution in [3.8, 4) is 11.4 Å². The van der Waals surface area contributed by atoms with Gasteiger partial charge in [-0.3, -0.25) is 9.36 Å². The zero-order valence-corrected chi connectivity index (χ0v) is 15.3. The number of rotatable bonds is 3. The molecule has 0 saturated carbocycles.